The molecular formula is C15H27N3O5Si. The van der Waals surface area contributed by atoms with E-state index in [2.05, 4.69) is 43.9 Å². The average molecular weight is 357 g/mol. The Bertz CT molecular complexity index is 554. The smallest absolute Gasteiger partial charge is 0.338 e. The highest BCUT2D eigenvalue weighted by Crippen LogP contribution is 2.39. The summed E-state index contributed by atoms with van der Waals surface area (Å²) in [5, 5.41) is 3.82. The van der Waals surface area contributed by atoms with Gasteiger partial charge in [0.15, 0.2) is 20.2 Å². The van der Waals surface area contributed by atoms with Gasteiger partial charge in [-0.05, 0) is 37.5 Å². The van der Waals surface area contributed by atoms with Gasteiger partial charge in [-0.1, -0.05) is 25.9 Å². The van der Waals surface area contributed by atoms with Crippen LogP contribution in [-0.2, 0) is 23.4 Å². The number of hydrogen-bond donors (Lipinski definition) is 0. The lowest BCUT2D eigenvalue weighted by molar-refractivity contribution is -0.188. The maximum absolute atomic E-state index is 12.0. The number of esters is 1. The molecule has 0 bridgehead atoms. The number of hydrogen-bond acceptors (Lipinski definition) is 6. The van der Waals surface area contributed by atoms with Crippen molar-refractivity contribution in [2.24, 2.45) is 5.11 Å². The fourth-order valence-corrected chi connectivity index (χ4v) is 3.57. The summed E-state index contributed by atoms with van der Waals surface area (Å²) >= 11 is 0. The van der Waals surface area contributed by atoms with Crippen molar-refractivity contribution in [3.05, 3.63) is 10.4 Å². The van der Waals surface area contributed by atoms with Crippen molar-refractivity contribution in [3.63, 3.8) is 0 Å². The fourth-order valence-electron chi connectivity index (χ4n) is 2.55. The molecule has 0 amide bonds. The van der Waals surface area contributed by atoms with E-state index in [0.717, 1.165) is 0 Å². The predicted octanol–water partition coefficient (Wildman–Crippen LogP) is 3.13. The molecule has 4 atom stereocenters. The van der Waals surface area contributed by atoms with Crippen molar-refractivity contribution >= 4 is 14.3 Å². The molecule has 2 aliphatic rings. The van der Waals surface area contributed by atoms with Gasteiger partial charge in [-0.2, -0.15) is 0 Å². The normalized spacial score (nSPS) is 30.5. The molecule has 2 rings (SSSR count). The van der Waals surface area contributed by atoms with Gasteiger partial charge in [-0.3, -0.25) is 0 Å². The Kier molecular flexibility index (Phi) is 5.05. The summed E-state index contributed by atoms with van der Waals surface area (Å²) in [5.74, 6) is -1.35. The zero-order chi connectivity index (χ0) is 18.3. The Hall–Kier alpha value is -1.12. The summed E-state index contributed by atoms with van der Waals surface area (Å²) in [6.45, 7) is 14.3. The molecule has 0 saturated carbocycles. The molecule has 2 heterocycles. The Morgan fingerprint density at radius 3 is 2.54 bits per heavy atom. The maximum Gasteiger partial charge on any atom is 0.338 e. The molecule has 0 aromatic carbocycles. The first-order valence-electron chi connectivity index (χ1n) is 8.12. The molecule has 2 saturated heterocycles. The van der Waals surface area contributed by atoms with E-state index in [1.165, 1.54) is 0 Å². The van der Waals surface area contributed by atoms with Crippen molar-refractivity contribution in [2.45, 2.75) is 82.9 Å². The van der Waals surface area contributed by atoms with Gasteiger partial charge in [0.05, 0.1) is 6.04 Å². The monoisotopic (exact) mass is 357 g/mol. The molecular weight excluding hydrogens is 330 g/mol. The van der Waals surface area contributed by atoms with Crippen LogP contribution < -0.4 is 0 Å². The van der Waals surface area contributed by atoms with E-state index in [1.807, 2.05) is 0 Å². The van der Waals surface area contributed by atoms with E-state index < -0.39 is 44.4 Å². The number of rotatable bonds is 5. The molecule has 136 valence electrons. The summed E-state index contributed by atoms with van der Waals surface area (Å²) in [6.07, 6.45) is -2.08. The average Bonchev–Trinajstić information content (AvgIpc) is 2.88. The lowest BCUT2D eigenvalue weighted by atomic mass is 10.1. The molecule has 8 nitrogen and oxygen atoms in total. The van der Waals surface area contributed by atoms with Gasteiger partial charge in [0, 0.05) is 11.5 Å². The van der Waals surface area contributed by atoms with E-state index in [4.69, 9.17) is 24.2 Å². The van der Waals surface area contributed by atoms with Gasteiger partial charge < -0.3 is 18.6 Å². The fraction of sp³-hybridized carbons (Fsp3) is 0.933. The third-order valence-electron chi connectivity index (χ3n) is 4.94. The van der Waals surface area contributed by atoms with E-state index in [1.54, 1.807) is 13.8 Å². The number of cyclic esters (lactones) is 1. The second-order valence-corrected chi connectivity index (χ2v) is 13.1. The first-order valence-corrected chi connectivity index (χ1v) is 11.0. The molecule has 9 heteroatoms. The first-order chi connectivity index (χ1) is 10.9. The Morgan fingerprint density at radius 1 is 1.38 bits per heavy atom. The van der Waals surface area contributed by atoms with E-state index >= 15 is 0 Å². The summed E-state index contributed by atoms with van der Waals surface area (Å²) in [4.78, 5) is 14.9. The van der Waals surface area contributed by atoms with E-state index in [0.29, 0.717) is 0 Å². The summed E-state index contributed by atoms with van der Waals surface area (Å²) in [7, 11) is -2.02. The van der Waals surface area contributed by atoms with E-state index in [-0.39, 0.29) is 11.6 Å². The highest BCUT2D eigenvalue weighted by molar-refractivity contribution is 6.74. The van der Waals surface area contributed by atoms with Crippen LogP contribution in [0.1, 0.15) is 34.6 Å². The van der Waals surface area contributed by atoms with Crippen molar-refractivity contribution in [1.29, 1.82) is 0 Å². The zero-order valence-electron chi connectivity index (χ0n) is 15.4. The molecule has 2 fully saturated rings. The van der Waals surface area contributed by atoms with Crippen molar-refractivity contribution < 1.29 is 23.4 Å². The number of azide groups is 1. The third kappa shape index (κ3) is 3.75. The van der Waals surface area contributed by atoms with Crippen LogP contribution in [0.2, 0.25) is 18.1 Å². The minimum atomic E-state index is -2.02. The number of nitrogens with zero attached hydrogens (tertiary/aromatic N) is 3. The standard InChI is InChI=1S/C15H27N3O5Si/c1-14(2,3)24(6,7)20-8-9(17-18-16)10-11-12(13(19)21-10)23-15(4,5)22-11/h9-12H,8H2,1-7H3/t9-,10-,11+,12+/m1/s1. The quantitative estimate of drug-likeness (QED) is 0.247. The zero-order valence-corrected chi connectivity index (χ0v) is 16.4. The minimum Gasteiger partial charge on any atom is -0.457 e. The molecule has 0 aromatic rings. The molecule has 0 spiro atoms. The molecule has 0 N–H and O–H groups in total. The second-order valence-electron chi connectivity index (χ2n) is 8.27. The van der Waals surface area contributed by atoms with Gasteiger partial charge in [-0.15, -0.1) is 0 Å². The topological polar surface area (TPSA) is 103 Å². The van der Waals surface area contributed by atoms with Crippen molar-refractivity contribution in [3.8, 4) is 0 Å². The van der Waals surface area contributed by atoms with Crippen molar-refractivity contribution in [2.75, 3.05) is 6.61 Å². The van der Waals surface area contributed by atoms with Gasteiger partial charge in [0.1, 0.15) is 12.2 Å². The molecule has 0 aromatic heterocycles. The lowest BCUT2D eigenvalue weighted by Crippen LogP contribution is -2.46. The summed E-state index contributed by atoms with van der Waals surface area (Å²) < 4.78 is 22.9. The molecule has 0 radical (unpaired) electrons. The van der Waals surface area contributed by atoms with Crippen LogP contribution in [0.15, 0.2) is 5.11 Å². The van der Waals surface area contributed by atoms with Crippen LogP contribution in [0.4, 0.5) is 0 Å². The molecule has 0 unspecified atom stereocenters. The maximum atomic E-state index is 12.0. The highest BCUT2D eigenvalue weighted by atomic mass is 28.4. The van der Waals surface area contributed by atoms with Gasteiger partial charge in [0.25, 0.3) is 0 Å². The van der Waals surface area contributed by atoms with Crippen LogP contribution in [-0.4, -0.2) is 51.0 Å². The van der Waals surface area contributed by atoms with Gasteiger partial charge >= 0.3 is 5.97 Å². The van der Waals surface area contributed by atoms with Crippen molar-refractivity contribution in [1.82, 2.24) is 0 Å². The van der Waals surface area contributed by atoms with Crippen LogP contribution in [0, 0.1) is 0 Å². The Labute approximate surface area is 143 Å². The Morgan fingerprint density at radius 2 is 2.00 bits per heavy atom. The number of fused-ring (bicyclic) bond motifs is 1. The highest BCUT2D eigenvalue weighted by Gasteiger charge is 2.58. The number of carbonyl (C=O) groups is 1. The second kappa shape index (κ2) is 6.31. The van der Waals surface area contributed by atoms with Crippen LogP contribution >= 0.6 is 0 Å². The minimum absolute atomic E-state index is 0.0256. The largest absolute Gasteiger partial charge is 0.457 e. The molecule has 2 aliphatic heterocycles. The van der Waals surface area contributed by atoms with Gasteiger partial charge in [-0.25, -0.2) is 4.79 Å². The lowest BCUT2D eigenvalue weighted by Gasteiger charge is -2.37. The van der Waals surface area contributed by atoms with Crippen LogP contribution in [0.5, 0.6) is 0 Å². The SMILES string of the molecule is CC1(C)O[C@H]2[C@@H]([C@@H](CO[Si](C)(C)C(C)(C)C)N=[N+]=[N-])OC(=O)[C@H]2O1. The van der Waals surface area contributed by atoms with Gasteiger partial charge in [0.2, 0.25) is 0 Å². The summed E-state index contributed by atoms with van der Waals surface area (Å²) in [5.41, 5.74) is 8.90. The van der Waals surface area contributed by atoms with E-state index in [9.17, 15) is 4.79 Å². The Balaban J connectivity index is 2.14. The first kappa shape index (κ1) is 19.2. The van der Waals surface area contributed by atoms with Crippen LogP contribution in [0.3, 0.4) is 0 Å². The number of ether oxygens (including phenoxy) is 3. The molecule has 0 aliphatic carbocycles. The number of carbonyl (C=O) groups excluding carboxylic acids is 1. The van der Waals surface area contributed by atoms with Crippen LogP contribution in [0.25, 0.3) is 10.4 Å². The molecule has 24 heavy (non-hydrogen) atoms. The summed E-state index contributed by atoms with van der Waals surface area (Å²) in [6, 6.07) is -0.652. The third-order valence-corrected chi connectivity index (χ3v) is 9.44. The predicted molar refractivity (Wildman–Crippen MR) is 89.8 cm³/mol.